The summed E-state index contributed by atoms with van der Waals surface area (Å²) >= 11 is 3.94. The SMILES string of the molecule is COc1cc(/C=C2\SC(=O)N(CC(=O)Nc3ccccc3Br)C2=O)ccc1OS(=O)(=O)c1ccccc1[N+](=O)[O-]. The van der Waals surface area contributed by atoms with Crippen molar-refractivity contribution in [3.63, 3.8) is 0 Å². The van der Waals surface area contributed by atoms with Gasteiger partial charge in [0.25, 0.3) is 16.8 Å². The zero-order valence-corrected chi connectivity index (χ0v) is 23.6. The lowest BCUT2D eigenvalue weighted by Crippen LogP contribution is -2.36. The minimum atomic E-state index is -4.60. The maximum Gasteiger partial charge on any atom is 0.346 e. The second-order valence-corrected chi connectivity index (χ2v) is 11.3. The number of hydrogen-bond acceptors (Lipinski definition) is 10. The van der Waals surface area contributed by atoms with Gasteiger partial charge < -0.3 is 14.2 Å². The smallest absolute Gasteiger partial charge is 0.346 e. The molecule has 12 nitrogen and oxygen atoms in total. The van der Waals surface area contributed by atoms with E-state index in [2.05, 4.69) is 21.2 Å². The number of nitrogens with one attached hydrogen (secondary N) is 1. The average Bonchev–Trinajstić information content (AvgIpc) is 3.17. The van der Waals surface area contributed by atoms with Crippen molar-refractivity contribution in [3.05, 3.63) is 91.8 Å². The van der Waals surface area contributed by atoms with Gasteiger partial charge in [0.05, 0.1) is 22.6 Å². The van der Waals surface area contributed by atoms with Crippen LogP contribution < -0.4 is 14.2 Å². The predicted molar refractivity (Wildman–Crippen MR) is 149 cm³/mol. The summed E-state index contributed by atoms with van der Waals surface area (Å²) in [5.74, 6) is -1.56. The van der Waals surface area contributed by atoms with E-state index in [1.54, 1.807) is 24.3 Å². The topological polar surface area (TPSA) is 162 Å². The number of methoxy groups -OCH3 is 1. The van der Waals surface area contributed by atoms with Crippen LogP contribution in [0.4, 0.5) is 16.2 Å². The highest BCUT2D eigenvalue weighted by atomic mass is 79.9. The van der Waals surface area contributed by atoms with E-state index in [0.29, 0.717) is 27.5 Å². The molecule has 1 aliphatic heterocycles. The number of nitro benzene ring substituents is 1. The van der Waals surface area contributed by atoms with Gasteiger partial charge in [0.1, 0.15) is 6.54 Å². The van der Waals surface area contributed by atoms with Gasteiger partial charge in [-0.25, -0.2) is 0 Å². The first-order chi connectivity index (χ1) is 19.0. The number of anilines is 1. The Balaban J connectivity index is 1.52. The summed E-state index contributed by atoms with van der Waals surface area (Å²) in [6.07, 6.45) is 1.37. The maximum absolute atomic E-state index is 12.9. The highest BCUT2D eigenvalue weighted by molar-refractivity contribution is 9.10. The Morgan fingerprint density at radius 3 is 2.50 bits per heavy atom. The van der Waals surface area contributed by atoms with Gasteiger partial charge in [0.2, 0.25) is 5.91 Å². The van der Waals surface area contributed by atoms with Crippen molar-refractivity contribution >= 4 is 72.3 Å². The van der Waals surface area contributed by atoms with Gasteiger partial charge in [-0.2, -0.15) is 8.42 Å². The van der Waals surface area contributed by atoms with Gasteiger partial charge in [-0.1, -0.05) is 30.3 Å². The molecule has 3 aromatic carbocycles. The molecule has 0 radical (unpaired) electrons. The van der Waals surface area contributed by atoms with E-state index in [9.17, 15) is 32.9 Å². The van der Waals surface area contributed by atoms with E-state index in [0.717, 1.165) is 17.0 Å². The molecule has 1 fully saturated rings. The molecule has 0 bridgehead atoms. The number of benzene rings is 3. The van der Waals surface area contributed by atoms with Gasteiger partial charge in [-0.3, -0.25) is 29.4 Å². The third-order valence-corrected chi connectivity index (χ3v) is 8.22. The van der Waals surface area contributed by atoms with Crippen LogP contribution in [-0.4, -0.2) is 48.9 Å². The van der Waals surface area contributed by atoms with E-state index in [1.807, 2.05) is 0 Å². The molecule has 0 spiro atoms. The molecule has 206 valence electrons. The van der Waals surface area contributed by atoms with Crippen LogP contribution >= 0.6 is 27.7 Å². The number of amides is 3. The van der Waals surface area contributed by atoms with Gasteiger partial charge in [0, 0.05) is 10.5 Å². The number of thioether (sulfide) groups is 1. The standard InChI is InChI=1S/C25H18BrN3O9S2/c1-37-20-12-15(10-11-19(20)38-40(35,36)22-9-5-4-8-18(22)29(33)34)13-21-24(31)28(25(32)39-21)14-23(30)27-17-7-3-2-6-16(17)26/h2-13H,14H2,1H3,(H,27,30)/b21-13-. The fourth-order valence-electron chi connectivity index (χ4n) is 3.51. The first kappa shape index (κ1) is 28.8. The summed E-state index contributed by atoms with van der Waals surface area (Å²) in [6.45, 7) is -0.497. The maximum atomic E-state index is 12.9. The molecule has 15 heteroatoms. The molecule has 1 heterocycles. The molecule has 0 aliphatic carbocycles. The van der Waals surface area contributed by atoms with Crippen LogP contribution in [0, 0.1) is 10.1 Å². The Labute approximate surface area is 240 Å². The molecule has 1 saturated heterocycles. The third-order valence-electron chi connectivity index (χ3n) is 5.34. The largest absolute Gasteiger partial charge is 0.493 e. The fourth-order valence-corrected chi connectivity index (χ4v) is 5.84. The van der Waals surface area contributed by atoms with Crippen LogP contribution in [0.3, 0.4) is 0 Å². The number of para-hydroxylation sites is 2. The van der Waals surface area contributed by atoms with E-state index < -0.39 is 49.2 Å². The molecule has 0 unspecified atom stereocenters. The van der Waals surface area contributed by atoms with Crippen LogP contribution in [0.2, 0.25) is 0 Å². The molecule has 3 amide bonds. The number of rotatable bonds is 9. The number of carbonyl (C=O) groups is 3. The Morgan fingerprint density at radius 2 is 1.80 bits per heavy atom. The summed E-state index contributed by atoms with van der Waals surface area (Å²) in [7, 11) is -3.35. The summed E-state index contributed by atoms with van der Waals surface area (Å²) in [4.78, 5) is 48.4. The lowest BCUT2D eigenvalue weighted by Gasteiger charge is -2.13. The summed E-state index contributed by atoms with van der Waals surface area (Å²) in [5.41, 5.74) is 0.183. The first-order valence-corrected chi connectivity index (χ1v) is 14.2. The van der Waals surface area contributed by atoms with Gasteiger partial charge in [-0.05, 0) is 69.7 Å². The Bertz CT molecular complexity index is 1680. The van der Waals surface area contributed by atoms with Crippen molar-refractivity contribution in [2.45, 2.75) is 4.90 Å². The Kier molecular flexibility index (Phi) is 8.56. The number of halogens is 1. The normalized spacial score (nSPS) is 14.3. The number of nitro groups is 1. The molecule has 4 rings (SSSR count). The van der Waals surface area contributed by atoms with Crippen molar-refractivity contribution in [3.8, 4) is 11.5 Å². The summed E-state index contributed by atoms with van der Waals surface area (Å²) < 4.78 is 36.5. The molecule has 0 atom stereocenters. The summed E-state index contributed by atoms with van der Waals surface area (Å²) in [5, 5.41) is 13.2. The van der Waals surface area contributed by atoms with Crippen LogP contribution in [0.15, 0.2) is 81.0 Å². The highest BCUT2D eigenvalue weighted by Gasteiger charge is 2.36. The zero-order valence-electron chi connectivity index (χ0n) is 20.4. The Morgan fingerprint density at radius 1 is 1.10 bits per heavy atom. The van der Waals surface area contributed by atoms with E-state index >= 15 is 0 Å². The van der Waals surface area contributed by atoms with Crippen LogP contribution in [-0.2, 0) is 19.7 Å². The highest BCUT2D eigenvalue weighted by Crippen LogP contribution is 2.36. The van der Waals surface area contributed by atoms with E-state index in [-0.39, 0.29) is 16.4 Å². The van der Waals surface area contributed by atoms with Crippen LogP contribution in [0.5, 0.6) is 11.5 Å². The fraction of sp³-hybridized carbons (Fsp3) is 0.0800. The molecule has 40 heavy (non-hydrogen) atoms. The predicted octanol–water partition coefficient (Wildman–Crippen LogP) is 4.81. The zero-order chi connectivity index (χ0) is 29.0. The lowest BCUT2D eigenvalue weighted by molar-refractivity contribution is -0.387. The number of ether oxygens (including phenoxy) is 1. The van der Waals surface area contributed by atoms with Gasteiger partial charge in [0.15, 0.2) is 16.4 Å². The number of imide groups is 1. The molecule has 1 aliphatic rings. The van der Waals surface area contributed by atoms with E-state index in [1.165, 1.54) is 43.5 Å². The quantitative estimate of drug-likeness (QED) is 0.148. The average molecular weight is 648 g/mol. The lowest BCUT2D eigenvalue weighted by atomic mass is 10.2. The van der Waals surface area contributed by atoms with Crippen molar-refractivity contribution in [1.82, 2.24) is 4.90 Å². The van der Waals surface area contributed by atoms with Gasteiger partial charge in [-0.15, -0.1) is 0 Å². The monoisotopic (exact) mass is 647 g/mol. The number of hydrogen-bond donors (Lipinski definition) is 1. The van der Waals surface area contributed by atoms with Crippen LogP contribution in [0.25, 0.3) is 6.08 Å². The molecule has 0 saturated carbocycles. The van der Waals surface area contributed by atoms with Gasteiger partial charge >= 0.3 is 10.1 Å². The summed E-state index contributed by atoms with van der Waals surface area (Å²) in [6, 6.07) is 15.6. The second-order valence-electron chi connectivity index (χ2n) is 7.97. The van der Waals surface area contributed by atoms with Crippen molar-refractivity contribution < 1.29 is 36.6 Å². The number of carbonyl (C=O) groups excluding carboxylic acids is 3. The number of nitrogens with zero attached hydrogens (tertiary/aromatic N) is 2. The van der Waals surface area contributed by atoms with Crippen LogP contribution in [0.1, 0.15) is 5.56 Å². The second kappa shape index (κ2) is 11.9. The Hall–Kier alpha value is -4.21. The molecular weight excluding hydrogens is 630 g/mol. The molecular formula is C25H18BrN3O9S2. The minimum Gasteiger partial charge on any atom is -0.493 e. The molecule has 3 aromatic rings. The van der Waals surface area contributed by atoms with Crippen molar-refractivity contribution in [1.29, 1.82) is 0 Å². The third kappa shape index (κ3) is 6.32. The van der Waals surface area contributed by atoms with Crippen molar-refractivity contribution in [2.24, 2.45) is 0 Å². The molecule has 0 aromatic heterocycles. The van der Waals surface area contributed by atoms with Crippen molar-refractivity contribution in [2.75, 3.05) is 19.0 Å². The van der Waals surface area contributed by atoms with E-state index in [4.69, 9.17) is 8.92 Å². The first-order valence-electron chi connectivity index (χ1n) is 11.2. The molecule has 1 N–H and O–H groups in total. The minimum absolute atomic E-state index is 0.0296.